The molecular weight excluding hydrogens is 174 g/mol. The third kappa shape index (κ3) is 3.89. The van der Waals surface area contributed by atoms with Gasteiger partial charge in [-0.3, -0.25) is 4.90 Å². The molecule has 0 bridgehead atoms. The van der Waals surface area contributed by atoms with E-state index >= 15 is 0 Å². The van der Waals surface area contributed by atoms with Crippen LogP contribution in [-0.2, 0) is 14.3 Å². The van der Waals surface area contributed by atoms with Gasteiger partial charge in [0.1, 0.15) is 0 Å². The Hall–Kier alpha value is -1.10. The van der Waals surface area contributed by atoms with Crippen LogP contribution in [0.3, 0.4) is 0 Å². The number of carbonyl (C=O) groups is 2. The Labute approximate surface area is 77.3 Å². The Morgan fingerprint density at radius 2 is 1.85 bits per heavy atom. The van der Waals surface area contributed by atoms with Gasteiger partial charge >= 0.3 is 11.9 Å². The molecule has 1 N–H and O–H groups in total. The Balaban J connectivity index is 4.04. The lowest BCUT2D eigenvalue weighted by Crippen LogP contribution is -2.37. The van der Waals surface area contributed by atoms with Gasteiger partial charge in [0.05, 0.1) is 0 Å². The van der Waals surface area contributed by atoms with Gasteiger partial charge < -0.3 is 9.84 Å². The largest absolute Gasteiger partial charge is 0.473 e. The van der Waals surface area contributed by atoms with Crippen LogP contribution in [0, 0.1) is 0 Å². The highest BCUT2D eigenvalue weighted by molar-refractivity contribution is 6.28. The summed E-state index contributed by atoms with van der Waals surface area (Å²) in [4.78, 5) is 22.6. The first kappa shape index (κ1) is 11.9. The van der Waals surface area contributed by atoms with Crippen molar-refractivity contribution in [2.75, 3.05) is 13.1 Å². The summed E-state index contributed by atoms with van der Waals surface area (Å²) in [6, 6.07) is 0. The number of hydrogen-bond donors (Lipinski definition) is 1. The minimum Gasteiger partial charge on any atom is -0.473 e. The van der Waals surface area contributed by atoms with Gasteiger partial charge in [-0.15, -0.1) is 0 Å². The van der Waals surface area contributed by atoms with Crippen molar-refractivity contribution in [3.05, 3.63) is 0 Å². The van der Waals surface area contributed by atoms with Gasteiger partial charge in [-0.1, -0.05) is 13.8 Å². The lowest BCUT2D eigenvalue weighted by Gasteiger charge is -2.24. The van der Waals surface area contributed by atoms with Crippen LogP contribution >= 0.6 is 0 Å². The van der Waals surface area contributed by atoms with Crippen molar-refractivity contribution in [3.8, 4) is 0 Å². The zero-order valence-electron chi connectivity index (χ0n) is 8.11. The molecule has 0 aliphatic heterocycles. The molecule has 0 fully saturated rings. The summed E-state index contributed by atoms with van der Waals surface area (Å²) in [7, 11) is 0. The number of carboxylic acids is 1. The zero-order chi connectivity index (χ0) is 10.4. The van der Waals surface area contributed by atoms with Gasteiger partial charge in [0.2, 0.25) is 0 Å². The molecule has 0 saturated carbocycles. The molecular formula is C8H15NO4. The molecule has 0 aliphatic carbocycles. The molecule has 0 aliphatic rings. The average Bonchev–Trinajstić information content (AvgIpc) is 2.06. The maximum Gasteiger partial charge on any atom is 0.418 e. The standard InChI is InChI=1S/C8H15NO4/c1-4-9(5-2)6(3)13-8(12)7(10)11/h6H,4-5H2,1-3H3,(H,10,11). The summed E-state index contributed by atoms with van der Waals surface area (Å²) in [6.07, 6.45) is -0.487. The molecule has 0 saturated heterocycles. The first-order valence-corrected chi connectivity index (χ1v) is 4.20. The van der Waals surface area contributed by atoms with Gasteiger partial charge in [-0.05, 0) is 20.0 Å². The minimum absolute atomic E-state index is 0.487. The van der Waals surface area contributed by atoms with Crippen LogP contribution in [0.2, 0.25) is 0 Å². The second-order valence-electron chi connectivity index (χ2n) is 2.53. The molecule has 1 atom stereocenters. The minimum atomic E-state index is -1.56. The fourth-order valence-corrected chi connectivity index (χ4v) is 1.02. The van der Waals surface area contributed by atoms with E-state index in [4.69, 9.17) is 5.11 Å². The topological polar surface area (TPSA) is 66.8 Å². The molecule has 0 aromatic rings. The molecule has 13 heavy (non-hydrogen) atoms. The average molecular weight is 189 g/mol. The van der Waals surface area contributed by atoms with Crippen molar-refractivity contribution >= 4 is 11.9 Å². The summed E-state index contributed by atoms with van der Waals surface area (Å²) in [5.41, 5.74) is 0. The Morgan fingerprint density at radius 3 is 2.15 bits per heavy atom. The molecule has 0 heterocycles. The number of carboxylic acid groups (broad SMARTS) is 1. The van der Waals surface area contributed by atoms with Gasteiger partial charge in [-0.25, -0.2) is 9.59 Å². The van der Waals surface area contributed by atoms with Crippen LogP contribution in [0.4, 0.5) is 0 Å². The third-order valence-corrected chi connectivity index (χ3v) is 1.78. The van der Waals surface area contributed by atoms with E-state index < -0.39 is 18.2 Å². The first-order valence-electron chi connectivity index (χ1n) is 4.20. The fourth-order valence-electron chi connectivity index (χ4n) is 1.02. The molecule has 0 radical (unpaired) electrons. The van der Waals surface area contributed by atoms with Crippen LogP contribution in [0.15, 0.2) is 0 Å². The normalized spacial score (nSPS) is 12.6. The third-order valence-electron chi connectivity index (χ3n) is 1.78. The van der Waals surface area contributed by atoms with Crippen LogP contribution in [-0.4, -0.2) is 41.3 Å². The maximum atomic E-state index is 10.6. The number of aliphatic carboxylic acids is 1. The molecule has 0 amide bonds. The van der Waals surface area contributed by atoms with E-state index in [1.54, 1.807) is 6.92 Å². The van der Waals surface area contributed by atoms with Crippen molar-refractivity contribution in [2.45, 2.75) is 27.0 Å². The number of nitrogens with zero attached hydrogens (tertiary/aromatic N) is 1. The maximum absolute atomic E-state index is 10.6. The Kier molecular flexibility index (Phi) is 5.06. The first-order chi connectivity index (χ1) is 6.02. The van der Waals surface area contributed by atoms with Crippen molar-refractivity contribution in [3.63, 3.8) is 0 Å². The van der Waals surface area contributed by atoms with Crippen LogP contribution in [0.5, 0.6) is 0 Å². The molecule has 0 aromatic heterocycles. The Morgan fingerprint density at radius 1 is 1.38 bits per heavy atom. The molecule has 5 nitrogen and oxygen atoms in total. The SMILES string of the molecule is CCN(CC)C(C)OC(=O)C(=O)O. The molecule has 0 spiro atoms. The fraction of sp³-hybridized carbons (Fsp3) is 0.750. The van der Waals surface area contributed by atoms with E-state index in [-0.39, 0.29) is 0 Å². The number of hydrogen-bond acceptors (Lipinski definition) is 4. The summed E-state index contributed by atoms with van der Waals surface area (Å²) < 4.78 is 4.64. The molecule has 0 rings (SSSR count). The predicted octanol–water partition coefficient (Wildman–Crippen LogP) is 0.302. The lowest BCUT2D eigenvalue weighted by molar-refractivity contribution is -0.172. The molecule has 1 unspecified atom stereocenters. The quantitative estimate of drug-likeness (QED) is 0.391. The highest BCUT2D eigenvalue weighted by Gasteiger charge is 2.19. The number of carbonyl (C=O) groups excluding carboxylic acids is 1. The Bertz CT molecular complexity index is 189. The molecule has 0 aromatic carbocycles. The smallest absolute Gasteiger partial charge is 0.418 e. The van der Waals surface area contributed by atoms with E-state index in [1.807, 2.05) is 18.7 Å². The van der Waals surface area contributed by atoms with Crippen molar-refractivity contribution < 1.29 is 19.4 Å². The second-order valence-corrected chi connectivity index (χ2v) is 2.53. The van der Waals surface area contributed by atoms with Crippen molar-refractivity contribution in [1.29, 1.82) is 0 Å². The zero-order valence-corrected chi connectivity index (χ0v) is 8.11. The monoisotopic (exact) mass is 189 g/mol. The van der Waals surface area contributed by atoms with Crippen LogP contribution in [0.1, 0.15) is 20.8 Å². The summed E-state index contributed by atoms with van der Waals surface area (Å²) in [5, 5.41) is 8.27. The predicted molar refractivity (Wildman–Crippen MR) is 46.1 cm³/mol. The summed E-state index contributed by atoms with van der Waals surface area (Å²) >= 11 is 0. The summed E-state index contributed by atoms with van der Waals surface area (Å²) in [5.74, 6) is -2.77. The van der Waals surface area contributed by atoms with E-state index in [9.17, 15) is 9.59 Å². The number of esters is 1. The highest BCUT2D eigenvalue weighted by atomic mass is 16.6. The van der Waals surface area contributed by atoms with Gasteiger partial charge in [0.25, 0.3) is 0 Å². The van der Waals surface area contributed by atoms with Crippen molar-refractivity contribution in [1.82, 2.24) is 4.90 Å². The van der Waals surface area contributed by atoms with Crippen LogP contribution < -0.4 is 0 Å². The number of rotatable bonds is 4. The molecule has 5 heteroatoms. The second kappa shape index (κ2) is 5.53. The van der Waals surface area contributed by atoms with Gasteiger partial charge in [-0.2, -0.15) is 0 Å². The van der Waals surface area contributed by atoms with E-state index in [1.165, 1.54) is 0 Å². The molecule has 76 valence electrons. The van der Waals surface area contributed by atoms with Crippen LogP contribution in [0.25, 0.3) is 0 Å². The summed E-state index contributed by atoms with van der Waals surface area (Å²) in [6.45, 7) is 6.90. The lowest BCUT2D eigenvalue weighted by atomic mass is 10.4. The number of ether oxygens (including phenoxy) is 1. The van der Waals surface area contributed by atoms with E-state index in [2.05, 4.69) is 4.74 Å². The van der Waals surface area contributed by atoms with E-state index in [0.717, 1.165) is 0 Å². The highest BCUT2D eigenvalue weighted by Crippen LogP contribution is 2.00. The van der Waals surface area contributed by atoms with Gasteiger partial charge in [0.15, 0.2) is 6.23 Å². The van der Waals surface area contributed by atoms with Crippen molar-refractivity contribution in [2.24, 2.45) is 0 Å². The van der Waals surface area contributed by atoms with Gasteiger partial charge in [0, 0.05) is 0 Å². The van der Waals surface area contributed by atoms with E-state index in [0.29, 0.717) is 13.1 Å².